The van der Waals surface area contributed by atoms with Crippen LogP contribution in [-0.4, -0.2) is 29.3 Å². The third-order valence-corrected chi connectivity index (χ3v) is 2.28. The predicted octanol–water partition coefficient (Wildman–Crippen LogP) is 0.0909. The van der Waals surface area contributed by atoms with E-state index >= 15 is 0 Å². The molecule has 0 saturated carbocycles. The Labute approximate surface area is 71.9 Å². The van der Waals surface area contributed by atoms with E-state index < -0.39 is 0 Å². The molecule has 1 fully saturated rings. The van der Waals surface area contributed by atoms with Gasteiger partial charge in [0.05, 0.1) is 6.54 Å². The van der Waals surface area contributed by atoms with Crippen LogP contribution in [0.2, 0.25) is 0 Å². The summed E-state index contributed by atoms with van der Waals surface area (Å²) < 4.78 is 0. The Kier molecular flexibility index (Phi) is 2.47. The molecule has 68 valence electrons. The van der Waals surface area contributed by atoms with Crippen LogP contribution in [-0.2, 0) is 9.59 Å². The van der Waals surface area contributed by atoms with Crippen LogP contribution < -0.4 is 5.43 Å². The number of hydrogen-bond donors (Lipinski definition) is 1. The van der Waals surface area contributed by atoms with Crippen LogP contribution in [0.4, 0.5) is 0 Å². The number of nitrogens with one attached hydrogen (secondary N) is 1. The maximum Gasteiger partial charge on any atom is 0.239 e. The van der Waals surface area contributed by atoms with Gasteiger partial charge in [0.2, 0.25) is 5.91 Å². The van der Waals surface area contributed by atoms with Gasteiger partial charge in [0, 0.05) is 12.0 Å². The summed E-state index contributed by atoms with van der Waals surface area (Å²) in [5, 5.41) is 1.39. The molecule has 1 heterocycles. The first kappa shape index (κ1) is 9.19. The van der Waals surface area contributed by atoms with Crippen LogP contribution in [0.1, 0.15) is 26.7 Å². The van der Waals surface area contributed by atoms with Gasteiger partial charge in [-0.15, -0.1) is 0 Å². The van der Waals surface area contributed by atoms with Gasteiger partial charge in [-0.1, -0.05) is 6.92 Å². The van der Waals surface area contributed by atoms with Crippen molar-refractivity contribution in [2.75, 3.05) is 6.54 Å². The monoisotopic (exact) mass is 170 g/mol. The van der Waals surface area contributed by atoms with Crippen molar-refractivity contribution in [2.45, 2.75) is 32.2 Å². The van der Waals surface area contributed by atoms with Crippen molar-refractivity contribution < 1.29 is 9.59 Å². The second-order valence-electron chi connectivity index (χ2n) is 3.37. The van der Waals surface area contributed by atoms with Crippen molar-refractivity contribution in [1.82, 2.24) is 10.4 Å². The number of carbonyl (C=O) groups is 2. The summed E-state index contributed by atoms with van der Waals surface area (Å²) in [6.45, 7) is 4.15. The number of hydrogen-bond acceptors (Lipinski definition) is 3. The molecule has 0 aromatic carbocycles. The van der Waals surface area contributed by atoms with Gasteiger partial charge in [-0.05, 0) is 13.3 Å². The zero-order valence-corrected chi connectivity index (χ0v) is 7.46. The molecular formula is C8H14N2O2. The number of hydrazine groups is 1. The summed E-state index contributed by atoms with van der Waals surface area (Å²) >= 11 is 0. The molecule has 0 aliphatic carbocycles. The molecule has 0 aromatic rings. The van der Waals surface area contributed by atoms with Crippen LogP contribution >= 0.6 is 0 Å². The van der Waals surface area contributed by atoms with Crippen LogP contribution in [0.5, 0.6) is 0 Å². The lowest BCUT2D eigenvalue weighted by Crippen LogP contribution is -2.44. The summed E-state index contributed by atoms with van der Waals surface area (Å²) in [6, 6.07) is 0. The summed E-state index contributed by atoms with van der Waals surface area (Å²) in [5.74, 6) is 0.00597. The van der Waals surface area contributed by atoms with Crippen molar-refractivity contribution in [3.63, 3.8) is 0 Å². The van der Waals surface area contributed by atoms with Gasteiger partial charge in [0.15, 0.2) is 0 Å². The highest BCUT2D eigenvalue weighted by Crippen LogP contribution is 2.21. The predicted molar refractivity (Wildman–Crippen MR) is 44.2 cm³/mol. The minimum Gasteiger partial charge on any atom is -0.301 e. The standard InChI is InChI=1S/C8H14N2O2/c1-3-8(2)6-7(12)10(9-8)4-5-11/h5,9H,3-4,6H2,1-2H3. The Morgan fingerprint density at radius 1 is 1.75 bits per heavy atom. The molecule has 1 unspecified atom stereocenters. The first-order valence-corrected chi connectivity index (χ1v) is 4.13. The maximum absolute atomic E-state index is 11.2. The second-order valence-corrected chi connectivity index (χ2v) is 3.37. The Hall–Kier alpha value is -0.900. The average molecular weight is 170 g/mol. The van der Waals surface area contributed by atoms with E-state index in [4.69, 9.17) is 0 Å². The van der Waals surface area contributed by atoms with Gasteiger partial charge in [0.1, 0.15) is 6.29 Å². The van der Waals surface area contributed by atoms with E-state index in [-0.39, 0.29) is 18.0 Å². The average Bonchev–Trinajstić information content (AvgIpc) is 2.30. The Balaban J connectivity index is 2.61. The largest absolute Gasteiger partial charge is 0.301 e. The fourth-order valence-electron chi connectivity index (χ4n) is 1.28. The molecule has 1 amide bonds. The first-order chi connectivity index (χ1) is 5.61. The molecule has 0 spiro atoms. The van der Waals surface area contributed by atoms with Gasteiger partial charge in [-0.25, -0.2) is 5.43 Å². The molecule has 4 heteroatoms. The van der Waals surface area contributed by atoms with E-state index in [1.165, 1.54) is 5.01 Å². The topological polar surface area (TPSA) is 49.4 Å². The van der Waals surface area contributed by atoms with Crippen LogP contribution in [0.3, 0.4) is 0 Å². The smallest absolute Gasteiger partial charge is 0.239 e. The number of rotatable bonds is 3. The first-order valence-electron chi connectivity index (χ1n) is 4.13. The highest BCUT2D eigenvalue weighted by Gasteiger charge is 2.36. The fourth-order valence-corrected chi connectivity index (χ4v) is 1.28. The van der Waals surface area contributed by atoms with Crippen molar-refractivity contribution >= 4 is 12.2 Å². The highest BCUT2D eigenvalue weighted by atomic mass is 16.2. The molecule has 0 aromatic heterocycles. The highest BCUT2D eigenvalue weighted by molar-refractivity contribution is 5.81. The SMILES string of the molecule is CCC1(C)CC(=O)N(CC=O)N1. The number of nitrogens with zero attached hydrogens (tertiary/aromatic N) is 1. The third-order valence-electron chi connectivity index (χ3n) is 2.28. The Bertz CT molecular complexity index is 205. The van der Waals surface area contributed by atoms with E-state index in [2.05, 4.69) is 5.43 Å². The van der Waals surface area contributed by atoms with E-state index in [0.717, 1.165) is 12.7 Å². The minimum atomic E-state index is -0.153. The summed E-state index contributed by atoms with van der Waals surface area (Å²) in [6.07, 6.45) is 2.09. The zero-order chi connectivity index (χ0) is 9.19. The van der Waals surface area contributed by atoms with Gasteiger partial charge in [-0.2, -0.15) is 0 Å². The molecule has 1 N–H and O–H groups in total. The number of carbonyl (C=O) groups excluding carboxylic acids is 2. The van der Waals surface area contributed by atoms with E-state index in [1.807, 2.05) is 13.8 Å². The lowest BCUT2D eigenvalue weighted by molar-refractivity contribution is -0.131. The van der Waals surface area contributed by atoms with Crippen molar-refractivity contribution in [3.05, 3.63) is 0 Å². The molecule has 1 atom stereocenters. The Morgan fingerprint density at radius 3 is 2.83 bits per heavy atom. The lowest BCUT2D eigenvalue weighted by atomic mass is 9.97. The zero-order valence-electron chi connectivity index (χ0n) is 7.46. The molecule has 0 radical (unpaired) electrons. The number of aldehydes is 1. The van der Waals surface area contributed by atoms with Gasteiger partial charge in [-0.3, -0.25) is 9.80 Å². The van der Waals surface area contributed by atoms with Crippen LogP contribution in [0, 0.1) is 0 Å². The van der Waals surface area contributed by atoms with Crippen LogP contribution in [0.25, 0.3) is 0 Å². The van der Waals surface area contributed by atoms with Gasteiger partial charge < -0.3 is 4.79 Å². The van der Waals surface area contributed by atoms with E-state index in [9.17, 15) is 9.59 Å². The van der Waals surface area contributed by atoms with Gasteiger partial charge in [0.25, 0.3) is 0 Å². The molecule has 1 aliphatic rings. The van der Waals surface area contributed by atoms with E-state index in [0.29, 0.717) is 6.42 Å². The van der Waals surface area contributed by atoms with Crippen molar-refractivity contribution in [2.24, 2.45) is 0 Å². The second kappa shape index (κ2) is 3.23. The summed E-state index contributed by atoms with van der Waals surface area (Å²) in [4.78, 5) is 21.4. The van der Waals surface area contributed by atoms with Crippen LogP contribution in [0.15, 0.2) is 0 Å². The molecular weight excluding hydrogens is 156 g/mol. The molecule has 0 bridgehead atoms. The molecule has 4 nitrogen and oxygen atoms in total. The lowest BCUT2D eigenvalue weighted by Gasteiger charge is -2.22. The fraction of sp³-hybridized carbons (Fsp3) is 0.750. The third kappa shape index (κ3) is 1.64. The number of amides is 1. The van der Waals surface area contributed by atoms with Gasteiger partial charge >= 0.3 is 0 Å². The minimum absolute atomic E-state index is 0.00597. The quantitative estimate of drug-likeness (QED) is 0.611. The normalized spacial score (nSPS) is 29.5. The maximum atomic E-state index is 11.2. The molecule has 1 aliphatic heterocycles. The van der Waals surface area contributed by atoms with E-state index in [1.54, 1.807) is 0 Å². The summed E-state index contributed by atoms with van der Waals surface area (Å²) in [7, 11) is 0. The summed E-state index contributed by atoms with van der Waals surface area (Å²) in [5.41, 5.74) is 2.87. The van der Waals surface area contributed by atoms with Crippen molar-refractivity contribution in [3.8, 4) is 0 Å². The molecule has 1 rings (SSSR count). The van der Waals surface area contributed by atoms with Crippen molar-refractivity contribution in [1.29, 1.82) is 0 Å². The molecule has 12 heavy (non-hydrogen) atoms. The Morgan fingerprint density at radius 2 is 2.42 bits per heavy atom. The molecule has 1 saturated heterocycles.